The summed E-state index contributed by atoms with van der Waals surface area (Å²) < 4.78 is 0. The van der Waals surface area contributed by atoms with Crippen molar-refractivity contribution in [2.45, 2.75) is 38.3 Å². The summed E-state index contributed by atoms with van der Waals surface area (Å²) in [5, 5.41) is 0. The molecule has 0 bridgehead atoms. The van der Waals surface area contributed by atoms with Crippen molar-refractivity contribution in [2.75, 3.05) is 0 Å². The van der Waals surface area contributed by atoms with Crippen molar-refractivity contribution in [3.63, 3.8) is 0 Å². The van der Waals surface area contributed by atoms with Gasteiger partial charge in [-0.2, -0.15) is 0 Å². The van der Waals surface area contributed by atoms with Gasteiger partial charge in [0, 0.05) is 0 Å². The van der Waals surface area contributed by atoms with Crippen LogP contribution in [0.15, 0.2) is 0 Å². The van der Waals surface area contributed by atoms with Gasteiger partial charge in [0.1, 0.15) is 0 Å². The predicted octanol–water partition coefficient (Wildman–Crippen LogP) is 0.810. The normalized spacial score (nSPS) is 34.3. The van der Waals surface area contributed by atoms with Crippen LogP contribution in [0.4, 0.5) is 0 Å². The topological polar surface area (TPSA) is 52.0 Å². The molecule has 0 saturated heterocycles. The number of nitrogens with two attached hydrogens (primary N) is 2. The highest BCUT2D eigenvalue weighted by Gasteiger charge is 2.25. The molecule has 0 amide bonds. The Morgan fingerprint density at radius 3 is 2.44 bits per heavy atom. The molecule has 1 saturated carbocycles. The molecular formula is C7H16N2. The number of hydrogen-bond acceptors (Lipinski definition) is 2. The van der Waals surface area contributed by atoms with Gasteiger partial charge < -0.3 is 11.5 Å². The van der Waals surface area contributed by atoms with Crippen molar-refractivity contribution in [2.24, 2.45) is 17.4 Å². The van der Waals surface area contributed by atoms with Crippen LogP contribution in [0.1, 0.15) is 32.6 Å². The van der Waals surface area contributed by atoms with Gasteiger partial charge in [-0.3, -0.25) is 0 Å². The van der Waals surface area contributed by atoms with Crippen LogP contribution in [0.25, 0.3) is 0 Å². The van der Waals surface area contributed by atoms with E-state index in [4.69, 9.17) is 11.5 Å². The van der Waals surface area contributed by atoms with Crippen LogP contribution in [-0.2, 0) is 0 Å². The third-order valence-corrected chi connectivity index (χ3v) is 2.07. The van der Waals surface area contributed by atoms with Gasteiger partial charge in [-0.25, -0.2) is 0 Å². The first-order valence-corrected chi connectivity index (χ1v) is 3.68. The lowest BCUT2D eigenvalue weighted by Crippen LogP contribution is -2.52. The summed E-state index contributed by atoms with van der Waals surface area (Å²) in [7, 11) is 0. The minimum Gasteiger partial charge on any atom is -0.313 e. The average Bonchev–Trinajstić information content (AvgIpc) is 1.60. The molecule has 1 atom stereocenters. The first-order valence-electron chi connectivity index (χ1n) is 3.68. The molecule has 0 spiro atoms. The average molecular weight is 128 g/mol. The summed E-state index contributed by atoms with van der Waals surface area (Å²) in [6.07, 6.45) is 4.49. The number of rotatable bonds is 0. The molecule has 9 heavy (non-hydrogen) atoms. The van der Waals surface area contributed by atoms with Gasteiger partial charge in [-0.1, -0.05) is 19.8 Å². The van der Waals surface area contributed by atoms with Crippen molar-refractivity contribution in [3.8, 4) is 0 Å². The smallest absolute Gasteiger partial charge is 0.0639 e. The van der Waals surface area contributed by atoms with E-state index in [2.05, 4.69) is 6.92 Å². The highest BCUT2D eigenvalue weighted by atomic mass is 15.0. The van der Waals surface area contributed by atoms with E-state index in [-0.39, 0.29) is 5.66 Å². The summed E-state index contributed by atoms with van der Waals surface area (Å²) >= 11 is 0. The Kier molecular flexibility index (Phi) is 1.78. The fraction of sp³-hybridized carbons (Fsp3) is 1.00. The van der Waals surface area contributed by atoms with Crippen LogP contribution in [0.5, 0.6) is 0 Å². The van der Waals surface area contributed by atoms with E-state index in [1.807, 2.05) is 0 Å². The molecule has 1 unspecified atom stereocenters. The Morgan fingerprint density at radius 2 is 2.11 bits per heavy atom. The van der Waals surface area contributed by atoms with Gasteiger partial charge in [0.25, 0.3) is 0 Å². The van der Waals surface area contributed by atoms with Crippen LogP contribution in [0, 0.1) is 5.92 Å². The lowest BCUT2D eigenvalue weighted by Gasteiger charge is -2.32. The SMILES string of the molecule is CC1CCCC(N)(N)C1. The predicted molar refractivity (Wildman–Crippen MR) is 38.7 cm³/mol. The van der Waals surface area contributed by atoms with E-state index < -0.39 is 0 Å². The highest BCUT2D eigenvalue weighted by molar-refractivity contribution is 4.83. The Hall–Kier alpha value is -0.0800. The van der Waals surface area contributed by atoms with Crippen molar-refractivity contribution in [3.05, 3.63) is 0 Å². The summed E-state index contributed by atoms with van der Waals surface area (Å²) in [4.78, 5) is 0. The second-order valence-electron chi connectivity index (χ2n) is 3.43. The quantitative estimate of drug-likeness (QED) is 0.474. The Labute approximate surface area is 56.6 Å². The van der Waals surface area contributed by atoms with Gasteiger partial charge in [0.05, 0.1) is 5.66 Å². The molecule has 4 N–H and O–H groups in total. The maximum absolute atomic E-state index is 5.75. The van der Waals surface area contributed by atoms with Gasteiger partial charge in [0.15, 0.2) is 0 Å². The molecule has 2 heteroatoms. The summed E-state index contributed by atoms with van der Waals surface area (Å²) in [6.45, 7) is 2.22. The molecule has 1 rings (SSSR count). The molecule has 1 fully saturated rings. The van der Waals surface area contributed by atoms with E-state index in [0.29, 0.717) is 0 Å². The molecule has 1 aliphatic rings. The van der Waals surface area contributed by atoms with Crippen molar-refractivity contribution in [1.29, 1.82) is 0 Å². The molecule has 0 heterocycles. The first-order chi connectivity index (χ1) is 4.10. The Morgan fingerprint density at radius 1 is 1.44 bits per heavy atom. The molecule has 0 radical (unpaired) electrons. The van der Waals surface area contributed by atoms with E-state index in [1.54, 1.807) is 0 Å². The van der Waals surface area contributed by atoms with Gasteiger partial charge >= 0.3 is 0 Å². The molecule has 0 aromatic carbocycles. The van der Waals surface area contributed by atoms with Crippen LogP contribution in [-0.4, -0.2) is 5.66 Å². The molecular weight excluding hydrogens is 112 g/mol. The minimum absolute atomic E-state index is 0.350. The van der Waals surface area contributed by atoms with Crippen LogP contribution >= 0.6 is 0 Å². The first kappa shape index (κ1) is 7.03. The zero-order valence-corrected chi connectivity index (χ0v) is 6.06. The Balaban J connectivity index is 2.41. The van der Waals surface area contributed by atoms with Crippen LogP contribution in [0.3, 0.4) is 0 Å². The molecule has 0 aromatic rings. The maximum atomic E-state index is 5.75. The van der Waals surface area contributed by atoms with E-state index in [0.717, 1.165) is 18.8 Å². The summed E-state index contributed by atoms with van der Waals surface area (Å²) in [6, 6.07) is 0. The van der Waals surface area contributed by atoms with Gasteiger partial charge in [-0.15, -0.1) is 0 Å². The van der Waals surface area contributed by atoms with Crippen molar-refractivity contribution < 1.29 is 0 Å². The van der Waals surface area contributed by atoms with Gasteiger partial charge in [0.2, 0.25) is 0 Å². The second kappa shape index (κ2) is 2.27. The van der Waals surface area contributed by atoms with Crippen molar-refractivity contribution >= 4 is 0 Å². The minimum atomic E-state index is -0.350. The van der Waals surface area contributed by atoms with E-state index in [9.17, 15) is 0 Å². The lowest BCUT2D eigenvalue weighted by molar-refractivity contribution is 0.243. The fourth-order valence-corrected chi connectivity index (χ4v) is 1.63. The van der Waals surface area contributed by atoms with Crippen LogP contribution < -0.4 is 11.5 Å². The summed E-state index contributed by atoms with van der Waals surface area (Å²) in [5.74, 6) is 0.730. The molecule has 54 valence electrons. The van der Waals surface area contributed by atoms with E-state index in [1.165, 1.54) is 12.8 Å². The molecule has 2 nitrogen and oxygen atoms in total. The monoisotopic (exact) mass is 128 g/mol. The lowest BCUT2D eigenvalue weighted by atomic mass is 9.83. The maximum Gasteiger partial charge on any atom is 0.0639 e. The molecule has 0 aliphatic heterocycles. The third kappa shape index (κ3) is 1.95. The standard InChI is InChI=1S/C7H16N2/c1-6-3-2-4-7(8,9)5-6/h6H,2-5,8-9H2,1H3. The number of hydrogen-bond donors (Lipinski definition) is 2. The van der Waals surface area contributed by atoms with Gasteiger partial charge in [-0.05, 0) is 18.8 Å². The van der Waals surface area contributed by atoms with Crippen molar-refractivity contribution in [1.82, 2.24) is 0 Å². The fourth-order valence-electron chi connectivity index (χ4n) is 1.63. The largest absolute Gasteiger partial charge is 0.313 e. The highest BCUT2D eigenvalue weighted by Crippen LogP contribution is 2.26. The molecule has 1 aliphatic carbocycles. The third-order valence-electron chi connectivity index (χ3n) is 2.07. The van der Waals surface area contributed by atoms with Crippen LogP contribution in [0.2, 0.25) is 0 Å². The zero-order chi connectivity index (χ0) is 6.91. The molecule has 0 aromatic heterocycles. The second-order valence-corrected chi connectivity index (χ2v) is 3.43. The summed E-state index contributed by atoms with van der Waals surface area (Å²) in [5.41, 5.74) is 11.1. The zero-order valence-electron chi connectivity index (χ0n) is 6.06. The van der Waals surface area contributed by atoms with E-state index >= 15 is 0 Å². The Bertz CT molecular complexity index is 99.1.